The summed E-state index contributed by atoms with van der Waals surface area (Å²) in [7, 11) is 0. The molecule has 170 valence electrons. The number of aryl methyl sites for hydroxylation is 2. The number of rotatable bonds is 7. The predicted molar refractivity (Wildman–Crippen MR) is 144 cm³/mol. The number of hydrogen-bond acceptors (Lipinski definition) is 8. The Hall–Kier alpha value is -3.27. The van der Waals surface area contributed by atoms with Gasteiger partial charge in [-0.1, -0.05) is 46.9 Å². The average molecular weight is 504 g/mol. The van der Waals surface area contributed by atoms with Gasteiger partial charge in [0.15, 0.2) is 4.34 Å². The summed E-state index contributed by atoms with van der Waals surface area (Å²) in [5.41, 5.74) is 6.19. The molecule has 0 spiro atoms. The van der Waals surface area contributed by atoms with Crippen molar-refractivity contribution in [2.75, 3.05) is 16.4 Å². The van der Waals surface area contributed by atoms with Crippen molar-refractivity contribution in [2.45, 2.75) is 18.2 Å². The molecule has 2 N–H and O–H groups in total. The highest BCUT2D eigenvalue weighted by Gasteiger charge is 2.10. The van der Waals surface area contributed by atoms with Crippen molar-refractivity contribution < 1.29 is 4.79 Å². The molecular weight excluding hydrogens is 483 g/mol. The average Bonchev–Trinajstić information content (AvgIpc) is 3.46. The fourth-order valence-corrected chi connectivity index (χ4v) is 5.90. The summed E-state index contributed by atoms with van der Waals surface area (Å²) in [6, 6.07) is 22.1. The van der Waals surface area contributed by atoms with Gasteiger partial charge in [0, 0.05) is 16.9 Å². The number of fused-ring (bicyclic) bond motifs is 1. The SMILES string of the molecule is Cc1ccc(Nc2nnc(SCC(=O)Nc3ccc(-c4nc5ccc(C)cc5s4)cc3)s2)cc1. The number of anilines is 3. The van der Waals surface area contributed by atoms with Gasteiger partial charge in [-0.15, -0.1) is 21.5 Å². The third kappa shape index (κ3) is 5.44. The van der Waals surface area contributed by atoms with Gasteiger partial charge in [0.2, 0.25) is 11.0 Å². The Balaban J connectivity index is 1.15. The van der Waals surface area contributed by atoms with Crippen LogP contribution in [0.4, 0.5) is 16.5 Å². The van der Waals surface area contributed by atoms with Gasteiger partial charge in [-0.2, -0.15) is 0 Å². The van der Waals surface area contributed by atoms with Crippen LogP contribution in [0.3, 0.4) is 0 Å². The van der Waals surface area contributed by atoms with E-state index in [0.29, 0.717) is 5.13 Å². The molecule has 1 amide bonds. The van der Waals surface area contributed by atoms with Crippen LogP contribution < -0.4 is 10.6 Å². The largest absolute Gasteiger partial charge is 0.330 e. The minimum atomic E-state index is -0.0866. The highest BCUT2D eigenvalue weighted by Crippen LogP contribution is 2.31. The highest BCUT2D eigenvalue weighted by molar-refractivity contribution is 8.01. The monoisotopic (exact) mass is 503 g/mol. The fraction of sp³-hybridized carbons (Fsp3) is 0.120. The standard InChI is InChI=1S/C25H21N5OS3/c1-15-3-8-19(9-4-15)27-24-29-30-25(34-24)32-14-22(31)26-18-10-6-17(7-11-18)23-28-20-12-5-16(2)13-21(20)33-23/h3-13H,14H2,1-2H3,(H,26,31)(H,27,29). The molecule has 6 nitrogen and oxygen atoms in total. The Morgan fingerprint density at radius 2 is 1.62 bits per heavy atom. The van der Waals surface area contributed by atoms with Crippen LogP contribution in [0.15, 0.2) is 71.1 Å². The Morgan fingerprint density at radius 3 is 2.41 bits per heavy atom. The summed E-state index contributed by atoms with van der Waals surface area (Å²) < 4.78 is 1.92. The number of aromatic nitrogens is 3. The minimum Gasteiger partial charge on any atom is -0.330 e. The molecule has 0 saturated heterocycles. The lowest BCUT2D eigenvalue weighted by atomic mass is 10.2. The molecule has 34 heavy (non-hydrogen) atoms. The smallest absolute Gasteiger partial charge is 0.234 e. The zero-order chi connectivity index (χ0) is 23.5. The number of hydrogen-bond donors (Lipinski definition) is 2. The summed E-state index contributed by atoms with van der Waals surface area (Å²) in [5, 5.41) is 16.2. The number of carbonyl (C=O) groups excluding carboxylic acids is 1. The summed E-state index contributed by atoms with van der Waals surface area (Å²) in [6.07, 6.45) is 0. The Morgan fingerprint density at radius 1 is 0.882 bits per heavy atom. The fourth-order valence-electron chi connectivity index (χ4n) is 3.25. The first-order valence-corrected chi connectivity index (χ1v) is 13.2. The normalized spacial score (nSPS) is 11.0. The Kier molecular flexibility index (Phi) is 6.57. The molecule has 2 heterocycles. The van der Waals surface area contributed by atoms with Crippen molar-refractivity contribution in [2.24, 2.45) is 0 Å². The number of thiazole rings is 1. The van der Waals surface area contributed by atoms with Crippen LogP contribution in [0.2, 0.25) is 0 Å². The maximum atomic E-state index is 12.4. The minimum absolute atomic E-state index is 0.0866. The van der Waals surface area contributed by atoms with E-state index >= 15 is 0 Å². The third-order valence-corrected chi connectivity index (χ3v) is 8.03. The molecule has 0 unspecified atom stereocenters. The summed E-state index contributed by atoms with van der Waals surface area (Å²) >= 11 is 4.47. The molecule has 0 radical (unpaired) electrons. The maximum Gasteiger partial charge on any atom is 0.234 e. The van der Waals surface area contributed by atoms with Crippen molar-refractivity contribution in [1.82, 2.24) is 15.2 Å². The van der Waals surface area contributed by atoms with E-state index in [2.05, 4.69) is 46.0 Å². The van der Waals surface area contributed by atoms with E-state index in [-0.39, 0.29) is 11.7 Å². The molecule has 0 atom stereocenters. The summed E-state index contributed by atoms with van der Waals surface area (Å²) in [6.45, 7) is 4.13. The maximum absolute atomic E-state index is 12.4. The molecule has 5 aromatic rings. The molecule has 0 bridgehead atoms. The van der Waals surface area contributed by atoms with Gasteiger partial charge in [0.25, 0.3) is 0 Å². The van der Waals surface area contributed by atoms with Gasteiger partial charge in [-0.05, 0) is 67.9 Å². The molecule has 0 aliphatic rings. The third-order valence-electron chi connectivity index (χ3n) is 5.00. The van der Waals surface area contributed by atoms with Gasteiger partial charge < -0.3 is 10.6 Å². The Bertz CT molecular complexity index is 1440. The number of nitrogens with zero attached hydrogens (tertiary/aromatic N) is 3. The van der Waals surface area contributed by atoms with E-state index in [1.165, 1.54) is 38.9 Å². The van der Waals surface area contributed by atoms with E-state index in [9.17, 15) is 4.79 Å². The molecule has 0 saturated carbocycles. The quantitative estimate of drug-likeness (QED) is 0.235. The van der Waals surface area contributed by atoms with Gasteiger partial charge in [0.05, 0.1) is 16.0 Å². The molecule has 0 aliphatic carbocycles. The topological polar surface area (TPSA) is 79.8 Å². The molecule has 2 aromatic heterocycles. The van der Waals surface area contributed by atoms with Crippen LogP contribution in [0, 0.1) is 13.8 Å². The van der Waals surface area contributed by atoms with Crippen molar-refractivity contribution in [3.05, 3.63) is 77.9 Å². The lowest BCUT2D eigenvalue weighted by Gasteiger charge is -2.05. The zero-order valence-corrected chi connectivity index (χ0v) is 21.0. The summed E-state index contributed by atoms with van der Waals surface area (Å²) in [5.74, 6) is 0.175. The van der Waals surface area contributed by atoms with Crippen LogP contribution in [-0.4, -0.2) is 26.8 Å². The molecule has 5 rings (SSSR count). The van der Waals surface area contributed by atoms with Crippen LogP contribution >= 0.6 is 34.4 Å². The lowest BCUT2D eigenvalue weighted by molar-refractivity contribution is -0.113. The van der Waals surface area contributed by atoms with Crippen LogP contribution in [0.5, 0.6) is 0 Å². The van der Waals surface area contributed by atoms with Gasteiger partial charge in [-0.3, -0.25) is 4.79 Å². The number of nitrogens with one attached hydrogen (secondary N) is 2. The number of amides is 1. The van der Waals surface area contributed by atoms with E-state index in [0.717, 1.165) is 31.8 Å². The van der Waals surface area contributed by atoms with Gasteiger partial charge in [0.1, 0.15) is 5.01 Å². The van der Waals surface area contributed by atoms with E-state index in [4.69, 9.17) is 4.98 Å². The second kappa shape index (κ2) is 9.92. The molecule has 0 aliphatic heterocycles. The van der Waals surface area contributed by atoms with Crippen LogP contribution in [-0.2, 0) is 4.79 Å². The number of carbonyl (C=O) groups is 1. The van der Waals surface area contributed by atoms with Gasteiger partial charge in [-0.25, -0.2) is 4.98 Å². The number of thioether (sulfide) groups is 1. The second-order valence-electron chi connectivity index (χ2n) is 7.77. The van der Waals surface area contributed by atoms with Crippen molar-refractivity contribution >= 4 is 67.1 Å². The molecule has 0 fully saturated rings. The van der Waals surface area contributed by atoms with Crippen molar-refractivity contribution in [3.8, 4) is 10.6 Å². The highest BCUT2D eigenvalue weighted by atomic mass is 32.2. The van der Waals surface area contributed by atoms with Crippen molar-refractivity contribution in [1.29, 1.82) is 0 Å². The Labute approximate surface area is 209 Å². The summed E-state index contributed by atoms with van der Waals surface area (Å²) in [4.78, 5) is 17.1. The first kappa shape index (κ1) is 22.5. The van der Waals surface area contributed by atoms with Crippen molar-refractivity contribution in [3.63, 3.8) is 0 Å². The molecule has 9 heteroatoms. The first-order chi connectivity index (χ1) is 16.5. The van der Waals surface area contributed by atoms with E-state index in [1.54, 1.807) is 11.3 Å². The first-order valence-electron chi connectivity index (χ1n) is 10.6. The predicted octanol–water partition coefficient (Wildman–Crippen LogP) is 6.91. The molecule has 3 aromatic carbocycles. The molecular formula is C25H21N5OS3. The van der Waals surface area contributed by atoms with E-state index < -0.39 is 0 Å². The lowest BCUT2D eigenvalue weighted by Crippen LogP contribution is -2.13. The van der Waals surface area contributed by atoms with Gasteiger partial charge >= 0.3 is 0 Å². The van der Waals surface area contributed by atoms with Crippen LogP contribution in [0.25, 0.3) is 20.8 Å². The van der Waals surface area contributed by atoms with Crippen LogP contribution in [0.1, 0.15) is 11.1 Å². The van der Waals surface area contributed by atoms with E-state index in [1.807, 2.05) is 55.5 Å². The number of benzene rings is 3. The zero-order valence-electron chi connectivity index (χ0n) is 18.5. The second-order valence-corrected chi connectivity index (χ2v) is 11.0.